The number of hydrogen-bond acceptors (Lipinski definition) is 3. The minimum absolute atomic E-state index is 0.0952. The fourth-order valence-electron chi connectivity index (χ4n) is 2.88. The van der Waals surface area contributed by atoms with Crippen molar-refractivity contribution in [1.82, 2.24) is 9.55 Å². The third-order valence-electron chi connectivity index (χ3n) is 4.39. The van der Waals surface area contributed by atoms with Gasteiger partial charge in [-0.15, -0.1) is 0 Å². The molecule has 152 valence electrons. The molecule has 0 atom stereocenters. The minimum atomic E-state index is -3.82. The Morgan fingerprint density at radius 1 is 0.900 bits per heavy atom. The van der Waals surface area contributed by atoms with E-state index in [1.807, 2.05) is 0 Å². The quantitative estimate of drug-likeness (QED) is 0.409. The van der Waals surface area contributed by atoms with Crippen molar-refractivity contribution >= 4 is 38.9 Å². The predicted molar refractivity (Wildman–Crippen MR) is 116 cm³/mol. The monoisotopic (exact) mass is 461 g/mol. The average Bonchev–Trinajstić information content (AvgIpc) is 3.07. The maximum atomic E-state index is 13.1. The van der Waals surface area contributed by atoms with Gasteiger partial charge < -0.3 is 0 Å². The molecule has 0 aliphatic rings. The summed E-state index contributed by atoms with van der Waals surface area (Å²) in [4.78, 5) is 4.01. The molecule has 9 heteroatoms. The summed E-state index contributed by atoms with van der Waals surface area (Å²) in [6.07, 6.45) is 1.48. The summed E-state index contributed by atoms with van der Waals surface area (Å²) in [6, 6.07) is 18.9. The van der Waals surface area contributed by atoms with E-state index < -0.39 is 10.0 Å². The van der Waals surface area contributed by atoms with Crippen LogP contribution in [0.2, 0.25) is 10.3 Å². The molecule has 0 saturated heterocycles. The number of sulfonamides is 1. The average molecular weight is 462 g/mol. The van der Waals surface area contributed by atoms with Crippen molar-refractivity contribution in [2.45, 2.75) is 4.90 Å². The normalized spacial score (nSPS) is 11.4. The second kappa shape index (κ2) is 8.10. The van der Waals surface area contributed by atoms with Crippen LogP contribution in [0.3, 0.4) is 0 Å². The van der Waals surface area contributed by atoms with E-state index in [1.165, 1.54) is 30.6 Å². The summed E-state index contributed by atoms with van der Waals surface area (Å²) in [5, 5.41) is 0.449. The molecular formula is C21H14Cl2FN3O2S. The van der Waals surface area contributed by atoms with E-state index in [0.29, 0.717) is 22.5 Å². The molecular weight excluding hydrogens is 448 g/mol. The Kier molecular flexibility index (Phi) is 5.51. The molecule has 1 aromatic heterocycles. The van der Waals surface area contributed by atoms with Crippen LogP contribution in [-0.4, -0.2) is 18.0 Å². The van der Waals surface area contributed by atoms with Crippen molar-refractivity contribution in [3.8, 4) is 16.8 Å². The third kappa shape index (κ3) is 4.18. The van der Waals surface area contributed by atoms with Crippen molar-refractivity contribution in [3.63, 3.8) is 0 Å². The Bertz CT molecular complexity index is 1310. The molecule has 0 aliphatic heterocycles. The Balaban J connectivity index is 1.58. The van der Waals surface area contributed by atoms with Crippen molar-refractivity contribution < 1.29 is 12.8 Å². The van der Waals surface area contributed by atoms with Gasteiger partial charge in [-0.05, 0) is 59.7 Å². The van der Waals surface area contributed by atoms with Crippen molar-refractivity contribution in [3.05, 3.63) is 95.2 Å². The highest BCUT2D eigenvalue weighted by Gasteiger charge is 2.16. The molecule has 0 aliphatic carbocycles. The maximum absolute atomic E-state index is 13.1. The number of imidazole rings is 1. The molecule has 4 rings (SSSR count). The first-order chi connectivity index (χ1) is 14.3. The number of benzene rings is 3. The van der Waals surface area contributed by atoms with Crippen LogP contribution in [0.1, 0.15) is 0 Å². The molecule has 0 amide bonds. The number of nitrogens with zero attached hydrogens (tertiary/aromatic N) is 2. The summed E-state index contributed by atoms with van der Waals surface area (Å²) in [7, 11) is -3.82. The number of hydrogen-bond donors (Lipinski definition) is 1. The Morgan fingerprint density at radius 3 is 2.23 bits per heavy atom. The van der Waals surface area contributed by atoms with Crippen LogP contribution in [0.25, 0.3) is 16.8 Å². The smallest absolute Gasteiger partial charge is 0.261 e. The lowest BCUT2D eigenvalue weighted by atomic mass is 10.1. The van der Waals surface area contributed by atoms with Gasteiger partial charge in [0.05, 0.1) is 4.90 Å². The molecule has 5 nitrogen and oxygen atoms in total. The molecule has 4 aromatic rings. The highest BCUT2D eigenvalue weighted by Crippen LogP contribution is 2.26. The highest BCUT2D eigenvalue weighted by molar-refractivity contribution is 7.92. The lowest BCUT2D eigenvalue weighted by molar-refractivity contribution is 0.601. The fraction of sp³-hybridized carbons (Fsp3) is 0. The molecule has 3 aromatic carbocycles. The first kappa shape index (κ1) is 20.4. The molecule has 0 radical (unpaired) electrons. The Labute approximate surface area is 182 Å². The predicted octanol–water partition coefficient (Wildman–Crippen LogP) is 5.79. The lowest BCUT2D eigenvalue weighted by Gasteiger charge is -2.11. The van der Waals surface area contributed by atoms with Gasteiger partial charge in [-0.25, -0.2) is 17.8 Å². The zero-order valence-electron chi connectivity index (χ0n) is 15.3. The van der Waals surface area contributed by atoms with Gasteiger partial charge in [0.1, 0.15) is 12.1 Å². The van der Waals surface area contributed by atoms with Gasteiger partial charge in [0.2, 0.25) is 0 Å². The summed E-state index contributed by atoms with van der Waals surface area (Å²) >= 11 is 11.9. The summed E-state index contributed by atoms with van der Waals surface area (Å²) in [5.41, 5.74) is 2.45. The summed E-state index contributed by atoms with van der Waals surface area (Å²) in [6.45, 7) is 0. The van der Waals surface area contributed by atoms with E-state index in [4.69, 9.17) is 23.2 Å². The van der Waals surface area contributed by atoms with Gasteiger partial charge in [-0.1, -0.05) is 47.5 Å². The van der Waals surface area contributed by atoms with Crippen LogP contribution in [-0.2, 0) is 10.0 Å². The van der Waals surface area contributed by atoms with Crippen LogP contribution in [0, 0.1) is 5.82 Å². The van der Waals surface area contributed by atoms with Gasteiger partial charge in [-0.3, -0.25) is 9.29 Å². The number of nitrogens with one attached hydrogen (secondary N) is 1. The lowest BCUT2D eigenvalue weighted by Crippen LogP contribution is -2.13. The van der Waals surface area contributed by atoms with Crippen molar-refractivity contribution in [2.24, 2.45) is 0 Å². The van der Waals surface area contributed by atoms with Gasteiger partial charge in [0, 0.05) is 11.4 Å². The molecule has 0 spiro atoms. The zero-order valence-corrected chi connectivity index (χ0v) is 17.6. The molecule has 0 unspecified atom stereocenters. The Hall–Kier alpha value is -2.87. The standard InChI is InChI=1S/C21H14Cl2FN3O2S/c22-20-21(23)27(13-25-20)18-10-8-17(9-11-18)26-30(28,29)19-3-1-2-15(12-19)14-4-6-16(24)7-5-14/h1-13,26H. The first-order valence-corrected chi connectivity index (χ1v) is 10.9. The third-order valence-corrected chi connectivity index (χ3v) is 6.50. The van der Waals surface area contributed by atoms with E-state index in [9.17, 15) is 12.8 Å². The Morgan fingerprint density at radius 2 is 1.60 bits per heavy atom. The fourth-order valence-corrected chi connectivity index (χ4v) is 4.31. The maximum Gasteiger partial charge on any atom is 0.261 e. The molecule has 1 heterocycles. The molecule has 1 N–H and O–H groups in total. The van der Waals surface area contributed by atoms with Gasteiger partial charge >= 0.3 is 0 Å². The number of rotatable bonds is 5. The van der Waals surface area contributed by atoms with Crippen LogP contribution in [0.5, 0.6) is 0 Å². The van der Waals surface area contributed by atoms with E-state index in [1.54, 1.807) is 53.1 Å². The van der Waals surface area contributed by atoms with Crippen LogP contribution in [0.15, 0.2) is 84.0 Å². The SMILES string of the molecule is O=S(=O)(Nc1ccc(-n2cnc(Cl)c2Cl)cc1)c1cccc(-c2ccc(F)cc2)c1. The van der Waals surface area contributed by atoms with E-state index in [2.05, 4.69) is 9.71 Å². The second-order valence-corrected chi connectivity index (χ2v) is 8.78. The van der Waals surface area contributed by atoms with Crippen LogP contribution >= 0.6 is 23.2 Å². The van der Waals surface area contributed by atoms with E-state index in [0.717, 1.165) is 0 Å². The van der Waals surface area contributed by atoms with Crippen LogP contribution in [0.4, 0.5) is 10.1 Å². The molecule has 30 heavy (non-hydrogen) atoms. The van der Waals surface area contributed by atoms with Gasteiger partial charge in [-0.2, -0.15) is 0 Å². The topological polar surface area (TPSA) is 64.0 Å². The summed E-state index contributed by atoms with van der Waals surface area (Å²) < 4.78 is 42.9. The van der Waals surface area contributed by atoms with Crippen molar-refractivity contribution in [2.75, 3.05) is 4.72 Å². The minimum Gasteiger partial charge on any atom is -0.288 e. The molecule has 0 bridgehead atoms. The van der Waals surface area contributed by atoms with E-state index in [-0.39, 0.29) is 21.0 Å². The van der Waals surface area contributed by atoms with Gasteiger partial charge in [0.15, 0.2) is 10.3 Å². The summed E-state index contributed by atoms with van der Waals surface area (Å²) in [5.74, 6) is -0.355. The van der Waals surface area contributed by atoms with Crippen LogP contribution < -0.4 is 4.72 Å². The van der Waals surface area contributed by atoms with Crippen molar-refractivity contribution in [1.29, 1.82) is 0 Å². The highest BCUT2D eigenvalue weighted by atomic mass is 35.5. The van der Waals surface area contributed by atoms with Gasteiger partial charge in [0.25, 0.3) is 10.0 Å². The zero-order chi connectivity index (χ0) is 21.3. The number of anilines is 1. The number of halogens is 3. The second-order valence-electron chi connectivity index (χ2n) is 6.38. The molecule has 0 saturated carbocycles. The first-order valence-electron chi connectivity index (χ1n) is 8.71. The number of aromatic nitrogens is 2. The molecule has 0 fully saturated rings. The van der Waals surface area contributed by atoms with E-state index >= 15 is 0 Å². The largest absolute Gasteiger partial charge is 0.288 e.